The maximum atomic E-state index is 12.2. The van der Waals surface area contributed by atoms with Gasteiger partial charge in [-0.25, -0.2) is 8.42 Å². The number of sulfone groups is 1. The predicted molar refractivity (Wildman–Crippen MR) is 99.5 cm³/mol. The molecule has 0 amide bonds. The van der Waals surface area contributed by atoms with E-state index >= 15 is 0 Å². The monoisotopic (exact) mass is 374 g/mol. The van der Waals surface area contributed by atoms with E-state index in [1.54, 1.807) is 35.6 Å². The van der Waals surface area contributed by atoms with Crippen LogP contribution in [0.4, 0.5) is 0 Å². The fourth-order valence-corrected chi connectivity index (χ4v) is 4.63. The van der Waals surface area contributed by atoms with Crippen molar-refractivity contribution in [1.82, 2.24) is 0 Å². The molecule has 4 nitrogen and oxygen atoms in total. The van der Waals surface area contributed by atoms with Crippen molar-refractivity contribution in [2.45, 2.75) is 24.8 Å². The van der Waals surface area contributed by atoms with Crippen molar-refractivity contribution >= 4 is 37.2 Å². The van der Waals surface area contributed by atoms with Gasteiger partial charge in [-0.15, -0.1) is 11.3 Å². The number of rotatable bonds is 6. The van der Waals surface area contributed by atoms with Crippen molar-refractivity contribution < 1.29 is 17.9 Å². The molecule has 0 aliphatic carbocycles. The number of ether oxygens (including phenoxy) is 1. The molecule has 3 aromatic rings. The third kappa shape index (κ3) is 4.27. The zero-order valence-corrected chi connectivity index (χ0v) is 15.4. The van der Waals surface area contributed by atoms with Gasteiger partial charge in [0.1, 0.15) is 6.61 Å². The third-order valence-electron chi connectivity index (χ3n) is 3.90. The summed E-state index contributed by atoms with van der Waals surface area (Å²) in [5, 5.41) is 3.02. The molecular formula is C19H18O4S2. The Balaban J connectivity index is 1.57. The second-order valence-corrected chi connectivity index (χ2v) is 8.82. The maximum Gasteiger partial charge on any atom is 0.307 e. The standard InChI is InChI=1S/C19H18O4S2/c1-14-6-8-16(9-7-14)25(21,22)11-10-19(20)23-12-15-13-24-18-5-3-2-4-17(15)18/h2-9,13H,10-12H2,1H3. The van der Waals surface area contributed by atoms with Crippen molar-refractivity contribution in [2.24, 2.45) is 0 Å². The minimum atomic E-state index is -3.48. The summed E-state index contributed by atoms with van der Waals surface area (Å²) in [6, 6.07) is 14.5. The SMILES string of the molecule is Cc1ccc(S(=O)(=O)CCC(=O)OCc2csc3ccccc23)cc1. The molecular weight excluding hydrogens is 356 g/mol. The van der Waals surface area contributed by atoms with E-state index in [1.807, 2.05) is 36.6 Å². The zero-order chi connectivity index (χ0) is 17.9. The molecule has 0 aliphatic rings. The first-order valence-corrected chi connectivity index (χ1v) is 10.4. The molecule has 0 fully saturated rings. The summed E-state index contributed by atoms with van der Waals surface area (Å²) in [6.45, 7) is 2.05. The number of hydrogen-bond donors (Lipinski definition) is 0. The highest BCUT2D eigenvalue weighted by Gasteiger charge is 2.17. The number of esters is 1. The van der Waals surface area contributed by atoms with E-state index in [-0.39, 0.29) is 23.7 Å². The van der Waals surface area contributed by atoms with E-state index in [4.69, 9.17) is 4.74 Å². The number of benzene rings is 2. The zero-order valence-electron chi connectivity index (χ0n) is 13.8. The molecule has 0 saturated carbocycles. The number of fused-ring (bicyclic) bond motifs is 1. The summed E-state index contributed by atoms with van der Waals surface area (Å²) < 4.78 is 30.9. The van der Waals surface area contributed by atoms with E-state index < -0.39 is 15.8 Å². The minimum Gasteiger partial charge on any atom is -0.461 e. The minimum absolute atomic E-state index is 0.154. The molecule has 130 valence electrons. The molecule has 3 rings (SSSR count). The van der Waals surface area contributed by atoms with Gasteiger partial charge in [-0.1, -0.05) is 35.9 Å². The van der Waals surface area contributed by atoms with Gasteiger partial charge in [-0.05, 0) is 35.9 Å². The Morgan fingerprint density at radius 3 is 2.56 bits per heavy atom. The Labute approximate surface area is 151 Å². The largest absolute Gasteiger partial charge is 0.461 e. The van der Waals surface area contributed by atoms with Gasteiger partial charge in [-0.2, -0.15) is 0 Å². The normalized spacial score (nSPS) is 11.6. The molecule has 1 aromatic heterocycles. The highest BCUT2D eigenvalue weighted by Crippen LogP contribution is 2.26. The van der Waals surface area contributed by atoms with Crippen LogP contribution >= 0.6 is 11.3 Å². The van der Waals surface area contributed by atoms with Gasteiger partial charge in [0.05, 0.1) is 17.1 Å². The smallest absolute Gasteiger partial charge is 0.307 e. The molecule has 0 spiro atoms. The predicted octanol–water partition coefficient (Wildman–Crippen LogP) is 4.12. The summed E-state index contributed by atoms with van der Waals surface area (Å²) in [7, 11) is -3.48. The van der Waals surface area contributed by atoms with Gasteiger partial charge in [0.15, 0.2) is 9.84 Å². The number of thiophene rings is 1. The van der Waals surface area contributed by atoms with Gasteiger partial charge in [-0.3, -0.25) is 4.79 Å². The molecule has 0 aliphatic heterocycles. The fraction of sp³-hybridized carbons (Fsp3) is 0.211. The highest BCUT2D eigenvalue weighted by molar-refractivity contribution is 7.91. The molecule has 0 radical (unpaired) electrons. The average Bonchev–Trinajstić information content (AvgIpc) is 3.02. The van der Waals surface area contributed by atoms with Crippen molar-refractivity contribution in [3.8, 4) is 0 Å². The third-order valence-corrected chi connectivity index (χ3v) is 6.65. The van der Waals surface area contributed by atoms with Crippen LogP contribution in [0.25, 0.3) is 10.1 Å². The van der Waals surface area contributed by atoms with E-state index in [0.717, 1.165) is 21.2 Å². The topological polar surface area (TPSA) is 60.4 Å². The first-order valence-electron chi connectivity index (χ1n) is 7.86. The van der Waals surface area contributed by atoms with Gasteiger partial charge < -0.3 is 4.74 Å². The van der Waals surface area contributed by atoms with Crippen LogP contribution in [0.1, 0.15) is 17.5 Å². The first-order chi connectivity index (χ1) is 12.0. The quantitative estimate of drug-likeness (QED) is 0.609. The van der Waals surface area contributed by atoms with Crippen LogP contribution in [0.15, 0.2) is 58.8 Å². The van der Waals surface area contributed by atoms with Gasteiger partial charge >= 0.3 is 5.97 Å². The van der Waals surface area contributed by atoms with E-state index in [1.165, 1.54) is 0 Å². The van der Waals surface area contributed by atoms with Crippen LogP contribution in [0.3, 0.4) is 0 Å². The summed E-state index contributed by atoms with van der Waals surface area (Å²) in [5.41, 5.74) is 1.93. The highest BCUT2D eigenvalue weighted by atomic mass is 32.2. The number of aryl methyl sites for hydroxylation is 1. The summed E-state index contributed by atoms with van der Waals surface area (Å²) >= 11 is 1.59. The molecule has 6 heteroatoms. The van der Waals surface area contributed by atoms with Gasteiger partial charge in [0.2, 0.25) is 0 Å². The summed E-state index contributed by atoms with van der Waals surface area (Å²) in [6.07, 6.45) is -0.154. The maximum absolute atomic E-state index is 12.2. The second kappa shape index (κ2) is 7.37. The Bertz CT molecular complexity index is 986. The summed E-state index contributed by atoms with van der Waals surface area (Å²) in [4.78, 5) is 12.2. The second-order valence-electron chi connectivity index (χ2n) is 5.80. The first kappa shape index (κ1) is 17.6. The lowest BCUT2D eigenvalue weighted by Gasteiger charge is -2.06. The van der Waals surface area contributed by atoms with Gasteiger partial charge in [0, 0.05) is 10.3 Å². The molecule has 25 heavy (non-hydrogen) atoms. The van der Waals surface area contributed by atoms with Crippen molar-refractivity contribution in [1.29, 1.82) is 0 Å². The van der Waals surface area contributed by atoms with Crippen LogP contribution in [0.2, 0.25) is 0 Å². The molecule has 2 aromatic carbocycles. The Morgan fingerprint density at radius 2 is 1.80 bits per heavy atom. The van der Waals surface area contributed by atoms with Crippen LogP contribution in [0, 0.1) is 6.92 Å². The molecule has 0 atom stereocenters. The average molecular weight is 374 g/mol. The lowest BCUT2D eigenvalue weighted by Crippen LogP contribution is -2.13. The fourth-order valence-electron chi connectivity index (χ4n) is 2.46. The lowest BCUT2D eigenvalue weighted by molar-refractivity contribution is -0.144. The molecule has 0 saturated heterocycles. The summed E-state index contributed by atoms with van der Waals surface area (Å²) in [5.74, 6) is -0.759. The number of hydrogen-bond acceptors (Lipinski definition) is 5. The van der Waals surface area contributed by atoms with Crippen molar-refractivity contribution in [3.63, 3.8) is 0 Å². The van der Waals surface area contributed by atoms with E-state index in [0.29, 0.717) is 0 Å². The molecule has 0 bridgehead atoms. The van der Waals surface area contributed by atoms with Crippen molar-refractivity contribution in [2.75, 3.05) is 5.75 Å². The van der Waals surface area contributed by atoms with Crippen LogP contribution in [-0.2, 0) is 26.0 Å². The lowest BCUT2D eigenvalue weighted by atomic mass is 10.2. The number of carbonyl (C=O) groups is 1. The van der Waals surface area contributed by atoms with Gasteiger partial charge in [0.25, 0.3) is 0 Å². The number of carbonyl (C=O) groups excluding carboxylic acids is 1. The van der Waals surface area contributed by atoms with E-state index in [9.17, 15) is 13.2 Å². The molecule has 1 heterocycles. The Hall–Kier alpha value is -2.18. The Kier molecular flexibility index (Phi) is 5.20. The van der Waals surface area contributed by atoms with Crippen LogP contribution < -0.4 is 0 Å². The van der Waals surface area contributed by atoms with Crippen molar-refractivity contribution in [3.05, 3.63) is 65.0 Å². The molecule has 0 unspecified atom stereocenters. The van der Waals surface area contributed by atoms with E-state index in [2.05, 4.69) is 0 Å². The van der Waals surface area contributed by atoms with Crippen LogP contribution in [0.5, 0.6) is 0 Å². The molecule has 0 N–H and O–H groups in total. The Morgan fingerprint density at radius 1 is 1.08 bits per heavy atom. The van der Waals surface area contributed by atoms with Crippen LogP contribution in [-0.4, -0.2) is 20.1 Å².